The summed E-state index contributed by atoms with van der Waals surface area (Å²) in [4.78, 5) is 12.9. The number of rotatable bonds is 1. The van der Waals surface area contributed by atoms with Crippen LogP contribution in [0.25, 0.3) is 0 Å². The van der Waals surface area contributed by atoms with Gasteiger partial charge in [0.25, 0.3) is 0 Å². The summed E-state index contributed by atoms with van der Waals surface area (Å²) in [5.74, 6) is 1.42. The molecule has 2 aliphatic rings. The summed E-state index contributed by atoms with van der Waals surface area (Å²) >= 11 is 0. The second-order valence-electron chi connectivity index (χ2n) is 4.52. The highest BCUT2D eigenvalue weighted by molar-refractivity contribution is 5.61. The van der Waals surface area contributed by atoms with Crippen LogP contribution < -0.4 is 0 Å². The quantitative estimate of drug-likeness (QED) is 0.519. The minimum atomic E-state index is 0.204. The Morgan fingerprint density at radius 1 is 1.55 bits per heavy atom. The first-order valence-corrected chi connectivity index (χ1v) is 4.24. The highest BCUT2D eigenvalue weighted by atomic mass is 16.1. The monoisotopic (exact) mass is 153 g/mol. The molecule has 11 heavy (non-hydrogen) atoms. The SMILES string of the molecule is CN1C[C@H]2[C@@H]([C@H]1C=O)C2(C)C. The second kappa shape index (κ2) is 1.86. The van der Waals surface area contributed by atoms with Gasteiger partial charge < -0.3 is 4.79 Å². The summed E-state index contributed by atoms with van der Waals surface area (Å²) in [6, 6.07) is 0.204. The van der Waals surface area contributed by atoms with Gasteiger partial charge in [0, 0.05) is 6.54 Å². The summed E-state index contributed by atoms with van der Waals surface area (Å²) in [6.45, 7) is 5.65. The highest BCUT2D eigenvalue weighted by Gasteiger charge is 2.65. The number of piperidine rings is 1. The van der Waals surface area contributed by atoms with Crippen LogP contribution in [0.5, 0.6) is 0 Å². The molecule has 0 unspecified atom stereocenters. The molecule has 1 saturated heterocycles. The average molecular weight is 153 g/mol. The number of nitrogens with zero attached hydrogens (tertiary/aromatic N) is 1. The lowest BCUT2D eigenvalue weighted by Gasteiger charge is -2.22. The minimum absolute atomic E-state index is 0.204. The molecule has 0 aromatic rings. The maximum Gasteiger partial charge on any atom is 0.137 e. The average Bonchev–Trinajstić information content (AvgIpc) is 2.38. The number of likely N-dealkylation sites (N-methyl/N-ethyl adjacent to an activating group) is 1. The first-order valence-electron chi connectivity index (χ1n) is 4.24. The summed E-state index contributed by atoms with van der Waals surface area (Å²) in [6.07, 6.45) is 1.11. The number of carbonyl (C=O) groups is 1. The van der Waals surface area contributed by atoms with Crippen LogP contribution >= 0.6 is 0 Å². The Balaban J connectivity index is 2.16. The molecule has 0 amide bonds. The molecular formula is C9H15NO. The summed E-state index contributed by atoms with van der Waals surface area (Å²) in [5, 5.41) is 0. The van der Waals surface area contributed by atoms with Crippen LogP contribution in [0.15, 0.2) is 0 Å². The fourth-order valence-corrected chi connectivity index (χ4v) is 2.71. The van der Waals surface area contributed by atoms with Gasteiger partial charge in [0.1, 0.15) is 6.29 Å². The maximum atomic E-state index is 10.7. The van der Waals surface area contributed by atoms with Crippen LogP contribution in [0.3, 0.4) is 0 Å². The van der Waals surface area contributed by atoms with E-state index < -0.39 is 0 Å². The van der Waals surface area contributed by atoms with Gasteiger partial charge in [-0.25, -0.2) is 0 Å². The molecule has 0 N–H and O–H groups in total. The number of aldehydes is 1. The van der Waals surface area contributed by atoms with E-state index in [0.717, 1.165) is 18.7 Å². The molecule has 1 aliphatic carbocycles. The van der Waals surface area contributed by atoms with Crippen molar-refractivity contribution in [1.82, 2.24) is 4.90 Å². The first-order chi connectivity index (χ1) is 5.09. The van der Waals surface area contributed by atoms with Crippen molar-refractivity contribution >= 4 is 6.29 Å². The molecule has 1 heterocycles. The Kier molecular flexibility index (Phi) is 1.23. The molecule has 0 aromatic carbocycles. The van der Waals surface area contributed by atoms with E-state index in [1.165, 1.54) is 0 Å². The van der Waals surface area contributed by atoms with E-state index in [0.29, 0.717) is 11.3 Å². The van der Waals surface area contributed by atoms with Gasteiger partial charge in [0.15, 0.2) is 0 Å². The molecule has 0 spiro atoms. The summed E-state index contributed by atoms with van der Waals surface area (Å²) in [7, 11) is 2.04. The van der Waals surface area contributed by atoms with Gasteiger partial charge >= 0.3 is 0 Å². The Labute approximate surface area is 67.6 Å². The van der Waals surface area contributed by atoms with E-state index in [1.54, 1.807) is 0 Å². The zero-order valence-corrected chi connectivity index (χ0v) is 7.37. The second-order valence-corrected chi connectivity index (χ2v) is 4.52. The fraction of sp³-hybridized carbons (Fsp3) is 0.889. The van der Waals surface area contributed by atoms with E-state index in [4.69, 9.17) is 0 Å². The molecular weight excluding hydrogens is 138 g/mol. The van der Waals surface area contributed by atoms with E-state index >= 15 is 0 Å². The topological polar surface area (TPSA) is 20.3 Å². The fourth-order valence-electron chi connectivity index (χ4n) is 2.71. The molecule has 2 fully saturated rings. The number of hydrogen-bond donors (Lipinski definition) is 0. The van der Waals surface area contributed by atoms with Crippen LogP contribution in [0.4, 0.5) is 0 Å². The number of fused-ring (bicyclic) bond motifs is 1. The molecule has 0 radical (unpaired) electrons. The smallest absolute Gasteiger partial charge is 0.137 e. The third kappa shape index (κ3) is 0.734. The zero-order valence-electron chi connectivity index (χ0n) is 7.37. The Morgan fingerprint density at radius 3 is 2.55 bits per heavy atom. The molecule has 2 rings (SSSR count). The molecule has 0 bridgehead atoms. The summed E-state index contributed by atoms with van der Waals surface area (Å²) in [5.41, 5.74) is 0.443. The molecule has 62 valence electrons. The van der Waals surface area contributed by atoms with Crippen LogP contribution in [-0.2, 0) is 4.79 Å². The molecule has 0 aromatic heterocycles. The molecule has 2 nitrogen and oxygen atoms in total. The van der Waals surface area contributed by atoms with Gasteiger partial charge in [0.2, 0.25) is 0 Å². The predicted molar refractivity (Wildman–Crippen MR) is 43.2 cm³/mol. The minimum Gasteiger partial charge on any atom is -0.302 e. The van der Waals surface area contributed by atoms with E-state index in [-0.39, 0.29) is 6.04 Å². The zero-order chi connectivity index (χ0) is 8.22. The van der Waals surface area contributed by atoms with Gasteiger partial charge in [-0.15, -0.1) is 0 Å². The van der Waals surface area contributed by atoms with Gasteiger partial charge in [-0.3, -0.25) is 4.90 Å². The van der Waals surface area contributed by atoms with E-state index in [2.05, 4.69) is 18.7 Å². The van der Waals surface area contributed by atoms with Crippen molar-refractivity contribution in [2.24, 2.45) is 17.3 Å². The van der Waals surface area contributed by atoms with Gasteiger partial charge in [-0.05, 0) is 24.3 Å². The van der Waals surface area contributed by atoms with Gasteiger partial charge in [-0.1, -0.05) is 13.8 Å². The van der Waals surface area contributed by atoms with Crippen molar-refractivity contribution in [1.29, 1.82) is 0 Å². The Morgan fingerprint density at radius 2 is 2.18 bits per heavy atom. The first kappa shape index (κ1) is 7.29. The van der Waals surface area contributed by atoms with Crippen molar-refractivity contribution in [2.75, 3.05) is 13.6 Å². The molecule has 1 aliphatic heterocycles. The standard InChI is InChI=1S/C9H15NO/c1-9(2)6-4-10(3)7(5-11)8(6)9/h5-8H,4H2,1-3H3/t6-,7+,8-/m0/s1. The number of likely N-dealkylation sites (tertiary alicyclic amines) is 1. The summed E-state index contributed by atoms with van der Waals surface area (Å²) < 4.78 is 0. The molecule has 1 saturated carbocycles. The third-order valence-corrected chi connectivity index (χ3v) is 3.64. The predicted octanol–water partition coefficient (Wildman–Crippen LogP) is 0.771. The largest absolute Gasteiger partial charge is 0.302 e. The maximum absolute atomic E-state index is 10.7. The lowest BCUT2D eigenvalue weighted by Crippen LogP contribution is -2.33. The lowest BCUT2D eigenvalue weighted by molar-refractivity contribution is -0.112. The van der Waals surface area contributed by atoms with Crippen LogP contribution in [0, 0.1) is 17.3 Å². The van der Waals surface area contributed by atoms with Crippen molar-refractivity contribution in [2.45, 2.75) is 19.9 Å². The lowest BCUT2D eigenvalue weighted by atomic mass is 10.0. The number of hydrogen-bond acceptors (Lipinski definition) is 2. The van der Waals surface area contributed by atoms with Crippen molar-refractivity contribution in [3.8, 4) is 0 Å². The third-order valence-electron chi connectivity index (χ3n) is 3.64. The highest BCUT2D eigenvalue weighted by Crippen LogP contribution is 2.63. The van der Waals surface area contributed by atoms with Crippen LogP contribution in [-0.4, -0.2) is 30.8 Å². The Hall–Kier alpha value is -0.370. The van der Waals surface area contributed by atoms with Crippen LogP contribution in [0.1, 0.15) is 13.8 Å². The molecule has 3 atom stereocenters. The molecule has 2 heteroatoms. The normalized spacial score (nSPS) is 47.0. The Bertz CT molecular complexity index is 200. The van der Waals surface area contributed by atoms with Crippen molar-refractivity contribution < 1.29 is 4.79 Å². The number of carbonyl (C=O) groups excluding carboxylic acids is 1. The van der Waals surface area contributed by atoms with E-state index in [1.807, 2.05) is 7.05 Å². The van der Waals surface area contributed by atoms with Crippen molar-refractivity contribution in [3.63, 3.8) is 0 Å². The van der Waals surface area contributed by atoms with E-state index in [9.17, 15) is 4.79 Å². The van der Waals surface area contributed by atoms with Crippen molar-refractivity contribution in [3.05, 3.63) is 0 Å². The van der Waals surface area contributed by atoms with Gasteiger partial charge in [0.05, 0.1) is 6.04 Å². The van der Waals surface area contributed by atoms with Crippen LogP contribution in [0.2, 0.25) is 0 Å². The van der Waals surface area contributed by atoms with Gasteiger partial charge in [-0.2, -0.15) is 0 Å².